The lowest BCUT2D eigenvalue weighted by atomic mass is 10.1. The first kappa shape index (κ1) is 13.6. The largest absolute Gasteiger partial charge is 0.378 e. The van der Waals surface area contributed by atoms with Crippen molar-refractivity contribution in [3.8, 4) is 0 Å². The van der Waals surface area contributed by atoms with Crippen molar-refractivity contribution in [3.63, 3.8) is 0 Å². The lowest BCUT2D eigenvalue weighted by molar-refractivity contribution is 0.00864. The molecule has 5 heteroatoms. The monoisotopic (exact) mass is 292 g/mol. The molecule has 0 spiro atoms. The molecule has 1 atom stereocenters. The molecule has 0 aliphatic carbocycles. The van der Waals surface area contributed by atoms with Gasteiger partial charge in [0.15, 0.2) is 0 Å². The van der Waals surface area contributed by atoms with Gasteiger partial charge in [-0.3, -0.25) is 9.36 Å². The van der Waals surface area contributed by atoms with Crippen molar-refractivity contribution < 1.29 is 4.74 Å². The smallest absolute Gasteiger partial charge is 0.261 e. The first-order valence-corrected chi connectivity index (χ1v) is 7.38. The fraction of sp³-hybridized carbons (Fsp3) is 0.467. The van der Waals surface area contributed by atoms with Crippen molar-refractivity contribution in [3.05, 3.63) is 39.9 Å². The van der Waals surface area contributed by atoms with Gasteiger partial charge in [-0.1, -0.05) is 11.6 Å². The lowest BCUT2D eigenvalue weighted by Crippen LogP contribution is -2.25. The summed E-state index contributed by atoms with van der Waals surface area (Å²) in [5, 5.41) is 1.21. The Labute approximate surface area is 122 Å². The van der Waals surface area contributed by atoms with E-state index in [0.29, 0.717) is 22.5 Å². The van der Waals surface area contributed by atoms with Crippen LogP contribution in [0.4, 0.5) is 0 Å². The third-order valence-corrected chi connectivity index (χ3v) is 3.99. The van der Waals surface area contributed by atoms with Crippen LogP contribution < -0.4 is 5.56 Å². The van der Waals surface area contributed by atoms with Gasteiger partial charge < -0.3 is 4.74 Å². The van der Waals surface area contributed by atoms with Crippen molar-refractivity contribution in [2.45, 2.75) is 38.3 Å². The van der Waals surface area contributed by atoms with Crippen LogP contribution in [0.1, 0.15) is 25.7 Å². The van der Waals surface area contributed by atoms with Crippen LogP contribution >= 0.6 is 11.6 Å². The predicted molar refractivity (Wildman–Crippen MR) is 79.2 cm³/mol. The van der Waals surface area contributed by atoms with Crippen LogP contribution in [0, 0.1) is 0 Å². The second kappa shape index (κ2) is 5.94. The Morgan fingerprint density at radius 2 is 2.30 bits per heavy atom. The molecule has 1 aromatic heterocycles. The number of fused-ring (bicyclic) bond motifs is 1. The highest BCUT2D eigenvalue weighted by atomic mass is 35.5. The van der Waals surface area contributed by atoms with Crippen LogP contribution in [0.25, 0.3) is 10.9 Å². The van der Waals surface area contributed by atoms with Crippen LogP contribution in [-0.4, -0.2) is 22.3 Å². The summed E-state index contributed by atoms with van der Waals surface area (Å²) in [5.74, 6) is 0. The molecule has 1 fully saturated rings. The topological polar surface area (TPSA) is 44.1 Å². The Morgan fingerprint density at radius 3 is 3.10 bits per heavy atom. The zero-order valence-electron chi connectivity index (χ0n) is 11.2. The average molecular weight is 293 g/mol. The van der Waals surface area contributed by atoms with E-state index in [9.17, 15) is 4.79 Å². The number of nitrogens with zero attached hydrogens (tertiary/aromatic N) is 2. The van der Waals surface area contributed by atoms with Gasteiger partial charge in [-0.2, -0.15) is 0 Å². The van der Waals surface area contributed by atoms with Crippen molar-refractivity contribution >= 4 is 22.5 Å². The predicted octanol–water partition coefficient (Wildman–Crippen LogP) is 3.01. The zero-order chi connectivity index (χ0) is 13.9. The van der Waals surface area contributed by atoms with E-state index in [1.54, 1.807) is 29.1 Å². The third-order valence-electron chi connectivity index (χ3n) is 3.75. The number of halogens is 1. The number of hydrogen-bond donors (Lipinski definition) is 0. The minimum Gasteiger partial charge on any atom is -0.378 e. The minimum atomic E-state index is -0.0116. The molecule has 20 heavy (non-hydrogen) atoms. The van der Waals surface area contributed by atoms with Crippen LogP contribution in [0.3, 0.4) is 0 Å². The second-order valence-electron chi connectivity index (χ2n) is 5.18. The van der Waals surface area contributed by atoms with Gasteiger partial charge in [0, 0.05) is 18.2 Å². The molecule has 0 bridgehead atoms. The number of benzene rings is 1. The van der Waals surface area contributed by atoms with Gasteiger partial charge in [-0.25, -0.2) is 4.98 Å². The zero-order valence-corrected chi connectivity index (χ0v) is 12.0. The summed E-state index contributed by atoms with van der Waals surface area (Å²) in [6, 6.07) is 5.18. The number of rotatable bonds is 3. The molecule has 4 nitrogen and oxygen atoms in total. The molecule has 1 saturated heterocycles. The molecule has 1 aromatic carbocycles. The average Bonchev–Trinajstić information content (AvgIpc) is 2.47. The highest BCUT2D eigenvalue weighted by molar-refractivity contribution is 6.31. The molecule has 106 valence electrons. The quantitative estimate of drug-likeness (QED) is 0.873. The van der Waals surface area contributed by atoms with E-state index in [1.165, 1.54) is 6.42 Å². The van der Waals surface area contributed by atoms with Crippen LogP contribution in [0.2, 0.25) is 5.02 Å². The maximum Gasteiger partial charge on any atom is 0.261 e. The molecule has 3 rings (SSSR count). The minimum absolute atomic E-state index is 0.0116. The molecule has 1 aliphatic heterocycles. The summed E-state index contributed by atoms with van der Waals surface area (Å²) in [6.45, 7) is 1.49. The van der Waals surface area contributed by atoms with Crippen LogP contribution in [-0.2, 0) is 11.3 Å². The van der Waals surface area contributed by atoms with Gasteiger partial charge in [0.1, 0.15) is 0 Å². The van der Waals surface area contributed by atoms with Gasteiger partial charge in [0.25, 0.3) is 5.56 Å². The fourth-order valence-electron chi connectivity index (χ4n) is 2.61. The summed E-state index contributed by atoms with van der Waals surface area (Å²) >= 11 is 5.91. The highest BCUT2D eigenvalue weighted by Gasteiger charge is 2.14. The summed E-state index contributed by atoms with van der Waals surface area (Å²) in [4.78, 5) is 16.7. The number of aryl methyl sites for hydroxylation is 1. The van der Waals surface area contributed by atoms with E-state index in [-0.39, 0.29) is 11.7 Å². The van der Waals surface area contributed by atoms with E-state index in [4.69, 9.17) is 16.3 Å². The molecule has 0 amide bonds. The van der Waals surface area contributed by atoms with Crippen molar-refractivity contribution in [2.75, 3.05) is 6.61 Å². The van der Waals surface area contributed by atoms with Gasteiger partial charge in [-0.05, 0) is 43.9 Å². The van der Waals surface area contributed by atoms with Gasteiger partial charge in [0.2, 0.25) is 0 Å². The third kappa shape index (κ3) is 2.86. The maximum atomic E-state index is 12.4. The van der Waals surface area contributed by atoms with Crippen molar-refractivity contribution in [1.29, 1.82) is 0 Å². The van der Waals surface area contributed by atoms with E-state index >= 15 is 0 Å². The highest BCUT2D eigenvalue weighted by Crippen LogP contribution is 2.17. The Balaban J connectivity index is 1.79. The van der Waals surface area contributed by atoms with Crippen LogP contribution in [0.15, 0.2) is 29.3 Å². The van der Waals surface area contributed by atoms with Crippen LogP contribution in [0.5, 0.6) is 0 Å². The van der Waals surface area contributed by atoms with E-state index in [2.05, 4.69) is 4.98 Å². The standard InChI is InChI=1S/C15H17ClN2O2/c16-11-4-5-13-14(9-11)17-10-18(15(13)19)7-6-12-3-1-2-8-20-12/h4-5,9-10,12H,1-3,6-8H2/t12-/m1/s1. The fourth-order valence-corrected chi connectivity index (χ4v) is 2.78. The normalized spacial score (nSPS) is 19.4. The van der Waals surface area contributed by atoms with E-state index in [1.807, 2.05) is 0 Å². The van der Waals surface area contributed by atoms with Crippen molar-refractivity contribution in [2.24, 2.45) is 0 Å². The van der Waals surface area contributed by atoms with E-state index in [0.717, 1.165) is 25.9 Å². The maximum absolute atomic E-state index is 12.4. The molecule has 0 radical (unpaired) electrons. The summed E-state index contributed by atoms with van der Waals surface area (Å²) in [7, 11) is 0. The van der Waals surface area contributed by atoms with E-state index < -0.39 is 0 Å². The van der Waals surface area contributed by atoms with Gasteiger partial charge in [0.05, 0.1) is 23.3 Å². The molecular formula is C15H17ClN2O2. The molecule has 2 aromatic rings. The lowest BCUT2D eigenvalue weighted by Gasteiger charge is -2.22. The Morgan fingerprint density at radius 1 is 1.40 bits per heavy atom. The molecule has 0 unspecified atom stereocenters. The second-order valence-corrected chi connectivity index (χ2v) is 5.62. The summed E-state index contributed by atoms with van der Waals surface area (Å²) in [5.41, 5.74) is 0.634. The first-order valence-electron chi connectivity index (χ1n) is 7.00. The molecule has 2 heterocycles. The molecular weight excluding hydrogens is 276 g/mol. The Bertz CT molecular complexity index is 662. The Kier molecular flexibility index (Phi) is 4.03. The SMILES string of the molecule is O=c1c2ccc(Cl)cc2ncn1CC[C@H]1CCCCO1. The molecule has 0 N–H and O–H groups in total. The summed E-state index contributed by atoms with van der Waals surface area (Å²) < 4.78 is 7.35. The number of aromatic nitrogens is 2. The van der Waals surface area contributed by atoms with Gasteiger partial charge in [-0.15, -0.1) is 0 Å². The summed E-state index contributed by atoms with van der Waals surface area (Å²) in [6.07, 6.45) is 6.19. The first-order chi connectivity index (χ1) is 9.74. The van der Waals surface area contributed by atoms with Gasteiger partial charge >= 0.3 is 0 Å². The number of hydrogen-bond acceptors (Lipinski definition) is 3. The molecule has 1 aliphatic rings. The van der Waals surface area contributed by atoms with Crippen molar-refractivity contribution in [1.82, 2.24) is 9.55 Å². The Hall–Kier alpha value is -1.39. The molecule has 0 saturated carbocycles. The number of ether oxygens (including phenoxy) is 1.